The number of likely N-dealkylation sites (tertiary alicyclic amines) is 2. The summed E-state index contributed by atoms with van der Waals surface area (Å²) in [5.41, 5.74) is 9.52. The normalized spacial score (nSPS) is 21.6. The van der Waals surface area contributed by atoms with E-state index in [4.69, 9.17) is 0 Å². The molecule has 4 aliphatic rings. The van der Waals surface area contributed by atoms with Gasteiger partial charge in [-0.25, -0.2) is 0 Å². The van der Waals surface area contributed by atoms with Crippen LogP contribution in [0.2, 0.25) is 9.26 Å². The van der Waals surface area contributed by atoms with Crippen molar-refractivity contribution in [2.24, 2.45) is 0 Å². The zero-order valence-electron chi connectivity index (χ0n) is 24.8. The molecular formula is C36H42Cl2N2SiZr. The molecule has 6 heteroatoms. The molecule has 2 atom stereocenters. The second kappa shape index (κ2) is 11.0. The van der Waals surface area contributed by atoms with Crippen LogP contribution in [0.15, 0.2) is 84.2 Å². The number of fused-ring (bicyclic) bond motifs is 6. The molecule has 0 bridgehead atoms. The first-order chi connectivity index (χ1) is 19.4. The fraction of sp³-hybridized carbons (Fsp3) is 0.333. The Morgan fingerprint density at radius 3 is 1.36 bits per heavy atom. The van der Waals surface area contributed by atoms with Gasteiger partial charge in [0.15, 0.2) is 0 Å². The second-order valence-electron chi connectivity index (χ2n) is 13.9. The van der Waals surface area contributed by atoms with Gasteiger partial charge in [0.2, 0.25) is 0 Å². The molecule has 2 saturated heterocycles. The maximum absolute atomic E-state index is 3.79. The predicted octanol–water partition coefficient (Wildman–Crippen LogP) is 8.85. The van der Waals surface area contributed by atoms with E-state index in [-0.39, 0.29) is 24.8 Å². The molecule has 218 valence electrons. The van der Waals surface area contributed by atoms with Crippen LogP contribution < -0.4 is 0 Å². The van der Waals surface area contributed by atoms with Crippen molar-refractivity contribution in [2.75, 3.05) is 26.2 Å². The van der Waals surface area contributed by atoms with Gasteiger partial charge in [-0.2, -0.15) is 0 Å². The van der Waals surface area contributed by atoms with Gasteiger partial charge in [-0.05, 0) is 0 Å². The zero-order valence-corrected chi connectivity index (χ0v) is 30.3. The van der Waals surface area contributed by atoms with Crippen molar-refractivity contribution < 1.29 is 17.4 Å². The van der Waals surface area contributed by atoms with Crippen LogP contribution in [0.4, 0.5) is 0 Å². The molecule has 2 aliphatic heterocycles. The van der Waals surface area contributed by atoms with E-state index in [2.05, 4.69) is 111 Å². The van der Waals surface area contributed by atoms with Gasteiger partial charge in [0.25, 0.3) is 0 Å². The molecule has 0 saturated carbocycles. The number of allylic oxidation sites excluding steroid dienone is 2. The Labute approximate surface area is 265 Å². The predicted molar refractivity (Wildman–Crippen MR) is 186 cm³/mol. The van der Waals surface area contributed by atoms with Crippen molar-refractivity contribution >= 4 is 65.4 Å². The van der Waals surface area contributed by atoms with Gasteiger partial charge in [0.05, 0.1) is 0 Å². The van der Waals surface area contributed by atoms with E-state index in [9.17, 15) is 0 Å². The minimum atomic E-state index is -3.79. The molecule has 2 heterocycles. The first kappa shape index (κ1) is 30.2. The molecule has 42 heavy (non-hydrogen) atoms. The number of nitrogens with zero attached hydrogens (tertiary/aromatic N) is 2. The third kappa shape index (κ3) is 4.50. The molecule has 0 spiro atoms. The van der Waals surface area contributed by atoms with Gasteiger partial charge in [0.1, 0.15) is 0 Å². The molecule has 2 fully saturated rings. The standard InChI is InChI=1S/2C17H16N.2CH3.2ClH.H2Si.Zr/c2*1-2-6-16-13(5-1)7-8-14-11-15(12-17(14)16)18-9-3-4-10-18;;;;;;/h2*1-2,5-8,11-12H,3-4,9-10H2;2*1H3;2*1H;1H2;. The number of halogens is 2. The van der Waals surface area contributed by atoms with Crippen LogP contribution >= 0.6 is 24.8 Å². The van der Waals surface area contributed by atoms with Gasteiger partial charge < -0.3 is 0 Å². The molecular weight excluding hydrogens is 651 g/mol. The van der Waals surface area contributed by atoms with Crippen LogP contribution in [-0.2, 0) is 17.4 Å². The molecule has 2 unspecified atom stereocenters. The van der Waals surface area contributed by atoms with Gasteiger partial charge in [0, 0.05) is 0 Å². The summed E-state index contributed by atoms with van der Waals surface area (Å²) in [6.07, 6.45) is 10.5. The molecule has 2 aliphatic carbocycles. The van der Waals surface area contributed by atoms with E-state index in [0.29, 0.717) is 7.25 Å². The van der Waals surface area contributed by atoms with Crippen LogP contribution in [0.5, 0.6) is 0 Å². The first-order valence-corrected chi connectivity index (χ1v) is 29.1. The molecule has 0 amide bonds. The quantitative estimate of drug-likeness (QED) is 0.197. The van der Waals surface area contributed by atoms with E-state index < -0.39 is 17.4 Å². The number of hydrogen-bond donors (Lipinski definition) is 0. The molecule has 0 radical (unpaired) electrons. The van der Waals surface area contributed by atoms with E-state index in [1.54, 1.807) is 22.5 Å². The van der Waals surface area contributed by atoms with Crippen LogP contribution in [0.1, 0.15) is 55.2 Å². The fourth-order valence-electron chi connectivity index (χ4n) is 8.89. The topological polar surface area (TPSA) is 6.48 Å². The summed E-state index contributed by atoms with van der Waals surface area (Å²) in [5.74, 6) is 0. The molecule has 4 aromatic rings. The van der Waals surface area contributed by atoms with Crippen molar-refractivity contribution in [2.45, 2.75) is 42.2 Å². The maximum atomic E-state index is 2.83. The Kier molecular flexibility index (Phi) is 7.87. The van der Waals surface area contributed by atoms with Crippen LogP contribution in [-0.4, -0.2) is 42.9 Å². The fourth-order valence-corrected chi connectivity index (χ4v) is 26.9. The summed E-state index contributed by atoms with van der Waals surface area (Å²) in [4.78, 5) is 5.57. The summed E-state index contributed by atoms with van der Waals surface area (Å²) in [6, 6.07) is 28.0. The Morgan fingerprint density at radius 2 is 0.952 bits per heavy atom. The average molecular weight is 693 g/mol. The first-order valence-electron chi connectivity index (χ1n) is 15.4. The Morgan fingerprint density at radius 1 is 0.571 bits per heavy atom. The van der Waals surface area contributed by atoms with Gasteiger partial charge >= 0.3 is 243 Å². The van der Waals surface area contributed by atoms with Crippen molar-refractivity contribution in [3.05, 3.63) is 106 Å². The third-order valence-electron chi connectivity index (χ3n) is 10.6. The Balaban J connectivity index is 0.00000158. The van der Waals surface area contributed by atoms with Crippen LogP contribution in [0, 0.1) is 0 Å². The van der Waals surface area contributed by atoms with Crippen molar-refractivity contribution in [3.8, 4) is 0 Å². The minimum absolute atomic E-state index is 0. The Hall–Kier alpha value is -1.84. The molecule has 2 nitrogen and oxygen atoms in total. The number of rotatable bonds is 4. The Bertz CT molecular complexity index is 1700. The average Bonchev–Trinajstić information content (AvgIpc) is 3.77. The molecule has 8 rings (SSSR count). The van der Waals surface area contributed by atoms with E-state index in [0.717, 1.165) is 0 Å². The monoisotopic (exact) mass is 690 g/mol. The van der Waals surface area contributed by atoms with Crippen molar-refractivity contribution in [1.29, 1.82) is 0 Å². The van der Waals surface area contributed by atoms with Crippen molar-refractivity contribution in [1.82, 2.24) is 9.80 Å². The summed E-state index contributed by atoms with van der Waals surface area (Å²) in [5, 5.41) is 5.75. The van der Waals surface area contributed by atoms with Crippen molar-refractivity contribution in [3.63, 3.8) is 0 Å². The van der Waals surface area contributed by atoms with E-state index >= 15 is 0 Å². The SMILES string of the molecule is Cl.Cl.[CH3][Zr]([CH3])(=[SiH2])([CH]1C(N2CCCC2)=Cc2ccc3ccccc3c21)[CH]1C(N2CCCC2)=Cc2ccc3ccccc3c21. The van der Waals surface area contributed by atoms with Crippen LogP contribution in [0.3, 0.4) is 0 Å². The summed E-state index contributed by atoms with van der Waals surface area (Å²) in [7, 11) is 0. The zero-order chi connectivity index (χ0) is 27.1. The number of hydrogen-bond acceptors (Lipinski definition) is 2. The van der Waals surface area contributed by atoms with Gasteiger partial charge in [-0.1, -0.05) is 0 Å². The van der Waals surface area contributed by atoms with Crippen LogP contribution in [0.25, 0.3) is 33.7 Å². The molecule has 0 aromatic heterocycles. The van der Waals surface area contributed by atoms with E-state index in [1.807, 2.05) is 0 Å². The van der Waals surface area contributed by atoms with E-state index in [1.165, 1.54) is 84.5 Å². The van der Waals surface area contributed by atoms with Gasteiger partial charge in [-0.15, -0.1) is 24.8 Å². The number of benzene rings is 4. The second-order valence-corrected chi connectivity index (χ2v) is 44.4. The summed E-state index contributed by atoms with van der Waals surface area (Å²) < 4.78 is 6.69. The summed E-state index contributed by atoms with van der Waals surface area (Å²) in [6.45, 7) is 7.35. The summed E-state index contributed by atoms with van der Waals surface area (Å²) >= 11 is -3.79. The molecule has 4 aromatic carbocycles. The van der Waals surface area contributed by atoms with Gasteiger partial charge in [-0.3, -0.25) is 0 Å². The third-order valence-corrected chi connectivity index (χ3v) is 27.6. The molecule has 0 N–H and O–H groups in total.